The Bertz CT molecular complexity index is 709. The Kier molecular flexibility index (Phi) is 3.87. The van der Waals surface area contributed by atoms with Gasteiger partial charge in [-0.3, -0.25) is 0 Å². The van der Waals surface area contributed by atoms with Crippen LogP contribution in [-0.2, 0) is 13.2 Å². The molecule has 0 saturated heterocycles. The molecular weight excluding hydrogens is 294 g/mol. The molecule has 0 saturated carbocycles. The van der Waals surface area contributed by atoms with Crippen LogP contribution < -0.4 is 4.74 Å². The van der Waals surface area contributed by atoms with Crippen LogP contribution in [-0.4, -0.2) is 10.1 Å². The van der Waals surface area contributed by atoms with Crippen LogP contribution >= 0.6 is 22.9 Å². The summed E-state index contributed by atoms with van der Waals surface area (Å²) in [5, 5.41) is 10.7. The van der Waals surface area contributed by atoms with Crippen LogP contribution in [0.2, 0.25) is 5.02 Å². The number of aromatic nitrogens is 1. The van der Waals surface area contributed by atoms with Gasteiger partial charge in [0, 0.05) is 10.6 Å². The van der Waals surface area contributed by atoms with Crippen molar-refractivity contribution in [2.75, 3.05) is 0 Å². The lowest BCUT2D eigenvalue weighted by atomic mass is 10.2. The number of aliphatic hydroxyl groups is 1. The van der Waals surface area contributed by atoms with Gasteiger partial charge in [-0.25, -0.2) is 4.98 Å². The van der Waals surface area contributed by atoms with E-state index >= 15 is 0 Å². The molecule has 0 aliphatic carbocycles. The number of rotatable bonds is 4. The number of hydrogen-bond acceptors (Lipinski definition) is 4. The van der Waals surface area contributed by atoms with Gasteiger partial charge in [0.15, 0.2) is 0 Å². The van der Waals surface area contributed by atoms with Crippen LogP contribution in [0, 0.1) is 0 Å². The fraction of sp³-hybridized carbons (Fsp3) is 0.133. The van der Waals surface area contributed by atoms with Crippen molar-refractivity contribution in [3.63, 3.8) is 0 Å². The first-order chi connectivity index (χ1) is 9.78. The highest BCUT2D eigenvalue weighted by Crippen LogP contribution is 2.28. The predicted molar refractivity (Wildman–Crippen MR) is 81.3 cm³/mol. The fourth-order valence-corrected chi connectivity index (χ4v) is 3.05. The summed E-state index contributed by atoms with van der Waals surface area (Å²) in [6.45, 7) is 0.224. The van der Waals surface area contributed by atoms with Crippen molar-refractivity contribution in [2.45, 2.75) is 13.2 Å². The maximum Gasteiger partial charge on any atom is 0.140 e. The molecule has 0 radical (unpaired) electrons. The third kappa shape index (κ3) is 2.63. The average Bonchev–Trinajstić information content (AvgIpc) is 2.88. The van der Waals surface area contributed by atoms with Crippen LogP contribution in [0.3, 0.4) is 0 Å². The van der Waals surface area contributed by atoms with Gasteiger partial charge >= 0.3 is 0 Å². The first kappa shape index (κ1) is 13.4. The maximum absolute atomic E-state index is 9.33. The van der Waals surface area contributed by atoms with Crippen LogP contribution in [0.4, 0.5) is 0 Å². The van der Waals surface area contributed by atoms with Crippen molar-refractivity contribution in [2.24, 2.45) is 0 Å². The Labute approximate surface area is 125 Å². The molecule has 0 amide bonds. The molecule has 0 bridgehead atoms. The third-order valence-corrected chi connectivity index (χ3v) is 4.29. The number of fused-ring (bicyclic) bond motifs is 1. The summed E-state index contributed by atoms with van der Waals surface area (Å²) in [5.41, 5.74) is 1.58. The smallest absolute Gasteiger partial charge is 0.140 e. The van der Waals surface area contributed by atoms with Gasteiger partial charge in [-0.1, -0.05) is 29.8 Å². The van der Waals surface area contributed by atoms with E-state index in [9.17, 15) is 5.11 Å². The monoisotopic (exact) mass is 305 g/mol. The summed E-state index contributed by atoms with van der Waals surface area (Å²) in [7, 11) is 0. The number of aliphatic hydroxyl groups excluding tert-OH is 1. The molecule has 0 fully saturated rings. The van der Waals surface area contributed by atoms with Crippen LogP contribution in [0.25, 0.3) is 10.2 Å². The summed E-state index contributed by atoms with van der Waals surface area (Å²) in [5.74, 6) is 0.597. The van der Waals surface area contributed by atoms with Gasteiger partial charge in [0.2, 0.25) is 0 Å². The summed E-state index contributed by atoms with van der Waals surface area (Å²) in [6.07, 6.45) is 0. The van der Waals surface area contributed by atoms with E-state index in [1.807, 2.05) is 24.3 Å². The van der Waals surface area contributed by atoms with E-state index in [-0.39, 0.29) is 6.61 Å². The molecule has 0 spiro atoms. The van der Waals surface area contributed by atoms with E-state index in [4.69, 9.17) is 16.3 Å². The summed E-state index contributed by atoms with van der Waals surface area (Å²) < 4.78 is 6.87. The summed E-state index contributed by atoms with van der Waals surface area (Å²) in [4.78, 5) is 4.50. The van der Waals surface area contributed by atoms with Crippen molar-refractivity contribution >= 4 is 33.2 Å². The largest absolute Gasteiger partial charge is 0.486 e. The van der Waals surface area contributed by atoms with Crippen LogP contribution in [0.5, 0.6) is 5.75 Å². The Morgan fingerprint density at radius 2 is 2.00 bits per heavy atom. The van der Waals surface area contributed by atoms with E-state index in [0.717, 1.165) is 15.2 Å². The Balaban J connectivity index is 1.81. The van der Waals surface area contributed by atoms with Crippen molar-refractivity contribution in [3.05, 3.63) is 58.1 Å². The Morgan fingerprint density at radius 1 is 1.15 bits per heavy atom. The molecule has 5 heteroatoms. The molecule has 0 unspecified atom stereocenters. The summed E-state index contributed by atoms with van der Waals surface area (Å²) in [6, 6.07) is 13.3. The molecule has 3 nitrogen and oxygen atoms in total. The number of ether oxygens (including phenoxy) is 1. The van der Waals surface area contributed by atoms with Crippen LogP contribution in [0.1, 0.15) is 10.6 Å². The zero-order valence-corrected chi connectivity index (χ0v) is 12.1. The van der Waals surface area contributed by atoms with Crippen molar-refractivity contribution in [1.82, 2.24) is 4.98 Å². The minimum atomic E-state index is -0.144. The van der Waals surface area contributed by atoms with Crippen molar-refractivity contribution in [3.8, 4) is 5.75 Å². The number of thiazole rings is 1. The number of hydrogen-bond donors (Lipinski definition) is 1. The topological polar surface area (TPSA) is 42.4 Å². The second-order valence-corrected chi connectivity index (χ2v) is 5.76. The van der Waals surface area contributed by atoms with Gasteiger partial charge < -0.3 is 9.84 Å². The number of para-hydroxylation sites is 1. The zero-order chi connectivity index (χ0) is 13.9. The molecule has 0 aliphatic heterocycles. The normalized spacial score (nSPS) is 10.9. The standard InChI is InChI=1S/C15H12ClNO2S/c16-11-4-3-6-13(10(11)8-18)19-9-15-17-12-5-1-2-7-14(12)20-15/h1-7,18H,8-9H2. The van der Waals surface area contributed by atoms with Gasteiger partial charge in [-0.2, -0.15) is 0 Å². The minimum Gasteiger partial charge on any atom is -0.486 e. The molecule has 20 heavy (non-hydrogen) atoms. The molecular formula is C15H12ClNO2S. The highest BCUT2D eigenvalue weighted by atomic mass is 35.5. The SMILES string of the molecule is OCc1c(Cl)cccc1OCc1nc2ccccc2s1. The van der Waals surface area contributed by atoms with E-state index in [1.54, 1.807) is 29.5 Å². The fourth-order valence-electron chi connectivity index (χ4n) is 1.95. The van der Waals surface area contributed by atoms with Gasteiger partial charge in [0.25, 0.3) is 0 Å². The first-order valence-electron chi connectivity index (χ1n) is 6.13. The van der Waals surface area contributed by atoms with Gasteiger partial charge in [-0.05, 0) is 24.3 Å². The van der Waals surface area contributed by atoms with Crippen LogP contribution in [0.15, 0.2) is 42.5 Å². The van der Waals surface area contributed by atoms with Gasteiger partial charge in [0.05, 0.1) is 16.8 Å². The molecule has 1 N–H and O–H groups in total. The van der Waals surface area contributed by atoms with E-state index < -0.39 is 0 Å². The lowest BCUT2D eigenvalue weighted by Gasteiger charge is -2.09. The molecule has 2 aromatic carbocycles. The number of halogens is 1. The molecule has 0 atom stereocenters. The number of benzene rings is 2. The predicted octanol–water partition coefficient (Wildman–Crippen LogP) is 4.02. The van der Waals surface area contributed by atoms with Crippen molar-refractivity contribution < 1.29 is 9.84 Å². The summed E-state index contributed by atoms with van der Waals surface area (Å²) >= 11 is 7.63. The second kappa shape index (κ2) is 5.79. The Morgan fingerprint density at radius 3 is 2.80 bits per heavy atom. The van der Waals surface area contributed by atoms with E-state index in [1.165, 1.54) is 0 Å². The van der Waals surface area contributed by atoms with E-state index in [2.05, 4.69) is 4.98 Å². The number of nitrogens with zero attached hydrogens (tertiary/aromatic N) is 1. The van der Waals surface area contributed by atoms with Gasteiger partial charge in [0.1, 0.15) is 17.4 Å². The molecule has 1 heterocycles. The second-order valence-electron chi connectivity index (χ2n) is 4.24. The molecule has 3 aromatic rings. The zero-order valence-electron chi connectivity index (χ0n) is 10.5. The molecule has 3 rings (SSSR count). The van der Waals surface area contributed by atoms with Gasteiger partial charge in [-0.15, -0.1) is 11.3 Å². The highest BCUT2D eigenvalue weighted by molar-refractivity contribution is 7.18. The maximum atomic E-state index is 9.33. The molecule has 102 valence electrons. The highest BCUT2D eigenvalue weighted by Gasteiger charge is 2.09. The molecule has 1 aromatic heterocycles. The lowest BCUT2D eigenvalue weighted by molar-refractivity contribution is 0.259. The minimum absolute atomic E-state index is 0.144. The average molecular weight is 306 g/mol. The lowest BCUT2D eigenvalue weighted by Crippen LogP contribution is -1.98. The Hall–Kier alpha value is -1.62. The molecule has 0 aliphatic rings. The quantitative estimate of drug-likeness (QED) is 0.791. The first-order valence-corrected chi connectivity index (χ1v) is 7.33. The third-order valence-electron chi connectivity index (χ3n) is 2.92. The van der Waals surface area contributed by atoms with E-state index in [0.29, 0.717) is 22.9 Å². The van der Waals surface area contributed by atoms with Crippen molar-refractivity contribution in [1.29, 1.82) is 0 Å².